The highest BCUT2D eigenvalue weighted by Crippen LogP contribution is 2.39. The van der Waals surface area contributed by atoms with E-state index in [4.69, 9.17) is 23.7 Å². The van der Waals surface area contributed by atoms with Crippen LogP contribution >= 0.6 is 0 Å². The molecule has 2 heterocycles. The van der Waals surface area contributed by atoms with E-state index in [1.807, 2.05) is 0 Å². The molecular weight excluding hydrogens is 580 g/mol. The van der Waals surface area contributed by atoms with Gasteiger partial charge in [-0.25, -0.2) is 4.99 Å². The number of hydrogen-bond donors (Lipinski definition) is 9. The quantitative estimate of drug-likeness (QED) is 0.0815. The average Bonchev–Trinajstić information content (AvgIpc) is 3.50. The van der Waals surface area contributed by atoms with Crippen LogP contribution in [-0.2, 0) is 33.3 Å². The van der Waals surface area contributed by atoms with Crippen LogP contribution in [0, 0.1) is 5.92 Å². The molecule has 1 aliphatic carbocycles. The summed E-state index contributed by atoms with van der Waals surface area (Å²) in [6.45, 7) is -0.909. The molecule has 2 aliphatic heterocycles. The second-order valence-corrected chi connectivity index (χ2v) is 10.8. The molecule has 9 N–H and O–H groups in total. The van der Waals surface area contributed by atoms with E-state index in [-0.39, 0.29) is 6.02 Å². The van der Waals surface area contributed by atoms with E-state index in [9.17, 15) is 45.3 Å². The number of carbonyl (C=O) groups excluding carboxylic acids is 2. The smallest absolute Gasteiger partial charge is 0.287 e. The van der Waals surface area contributed by atoms with Crippen LogP contribution in [0.3, 0.4) is 0 Å². The third kappa shape index (κ3) is 8.08. The molecule has 0 bridgehead atoms. The van der Waals surface area contributed by atoms with Crippen molar-refractivity contribution in [2.75, 3.05) is 47.1 Å². The van der Waals surface area contributed by atoms with E-state index >= 15 is 0 Å². The number of hydrogen-bond acceptors (Lipinski definition) is 16. The first kappa shape index (κ1) is 35.3. The van der Waals surface area contributed by atoms with Gasteiger partial charge in [0, 0.05) is 27.9 Å². The van der Waals surface area contributed by atoms with Crippen LogP contribution in [0.5, 0.6) is 0 Å². The first-order valence-corrected chi connectivity index (χ1v) is 13.9. The minimum atomic E-state index is -1.68. The zero-order valence-electron chi connectivity index (χ0n) is 24.4. The third-order valence-electron chi connectivity index (χ3n) is 7.41. The standard InChI is InChI=1S/C25H44N4O14/c1-10(35)26-14(8-33)23(39-12(5-30)6-31)42-22-15(9-34)40-24(17(19(22)38)27-11(2)36)41-21-13(7-32)20-16(18(21)37)28-25(43-20)29(3)4/h12-24,30-34,37-38H,5-9H2,1-4H3,(H,26,35)(H,27,36). The van der Waals surface area contributed by atoms with Gasteiger partial charge in [0.1, 0.15) is 54.7 Å². The van der Waals surface area contributed by atoms with Gasteiger partial charge in [-0.15, -0.1) is 0 Å². The summed E-state index contributed by atoms with van der Waals surface area (Å²) in [7, 11) is 3.42. The molecule has 18 nitrogen and oxygen atoms in total. The molecule has 3 aliphatic rings. The topological polar surface area (TPSA) is 262 Å². The molecule has 0 aromatic rings. The lowest BCUT2D eigenvalue weighted by Crippen LogP contribution is -2.67. The Kier molecular flexibility index (Phi) is 12.8. The largest absolute Gasteiger partial charge is 0.459 e. The van der Waals surface area contributed by atoms with Crippen molar-refractivity contribution in [1.29, 1.82) is 0 Å². The Morgan fingerprint density at radius 2 is 1.65 bits per heavy atom. The molecule has 2 amide bonds. The number of rotatable bonds is 14. The fraction of sp³-hybridized carbons (Fsp3) is 0.880. The van der Waals surface area contributed by atoms with E-state index < -0.39 is 124 Å². The van der Waals surface area contributed by atoms with Crippen LogP contribution in [0.4, 0.5) is 0 Å². The molecular formula is C25H44N4O14. The van der Waals surface area contributed by atoms with Crippen LogP contribution in [0.25, 0.3) is 0 Å². The lowest BCUT2D eigenvalue weighted by molar-refractivity contribution is -0.324. The maximum atomic E-state index is 12.1. The molecule has 18 heteroatoms. The van der Waals surface area contributed by atoms with Crippen LogP contribution < -0.4 is 10.6 Å². The molecule has 0 aromatic heterocycles. The summed E-state index contributed by atoms with van der Waals surface area (Å²) in [6, 6.07) is -3.11. The molecule has 1 saturated heterocycles. The van der Waals surface area contributed by atoms with Gasteiger partial charge in [0.05, 0.1) is 45.1 Å². The van der Waals surface area contributed by atoms with E-state index in [0.717, 1.165) is 0 Å². The van der Waals surface area contributed by atoms with Crippen molar-refractivity contribution in [2.45, 2.75) is 87.3 Å². The van der Waals surface area contributed by atoms with Gasteiger partial charge in [-0.05, 0) is 0 Å². The van der Waals surface area contributed by atoms with Crippen molar-refractivity contribution >= 4 is 17.8 Å². The Hall–Kier alpha value is -2.23. The summed E-state index contributed by atoms with van der Waals surface area (Å²) < 4.78 is 29.2. The molecule has 3 rings (SSSR count). The summed E-state index contributed by atoms with van der Waals surface area (Å²) in [5.74, 6) is -1.96. The number of aliphatic hydroxyl groups is 7. The van der Waals surface area contributed by atoms with Gasteiger partial charge in [-0.3, -0.25) is 9.59 Å². The summed E-state index contributed by atoms with van der Waals surface area (Å²) in [5.41, 5.74) is 0. The Balaban J connectivity index is 1.88. The van der Waals surface area contributed by atoms with E-state index in [1.165, 1.54) is 13.8 Å². The van der Waals surface area contributed by atoms with Gasteiger partial charge < -0.3 is 75.0 Å². The molecule has 0 aromatic carbocycles. The normalized spacial score (nSPS) is 35.1. The molecule has 0 radical (unpaired) electrons. The van der Waals surface area contributed by atoms with Gasteiger partial charge in [0.2, 0.25) is 11.8 Å². The van der Waals surface area contributed by atoms with Gasteiger partial charge in [0.25, 0.3) is 6.02 Å². The summed E-state index contributed by atoms with van der Waals surface area (Å²) >= 11 is 0. The van der Waals surface area contributed by atoms with Crippen molar-refractivity contribution in [3.8, 4) is 0 Å². The van der Waals surface area contributed by atoms with Crippen LogP contribution in [-0.4, -0.2) is 179 Å². The zero-order chi connectivity index (χ0) is 32.0. The Morgan fingerprint density at radius 1 is 0.977 bits per heavy atom. The first-order valence-electron chi connectivity index (χ1n) is 13.9. The fourth-order valence-corrected chi connectivity index (χ4v) is 5.34. The number of nitrogens with one attached hydrogen (secondary N) is 2. The van der Waals surface area contributed by atoms with E-state index in [2.05, 4.69) is 15.6 Å². The maximum absolute atomic E-state index is 12.1. The minimum absolute atomic E-state index is 0.272. The Labute approximate surface area is 248 Å². The van der Waals surface area contributed by atoms with Crippen molar-refractivity contribution < 1.29 is 69.0 Å². The van der Waals surface area contributed by atoms with E-state index in [1.54, 1.807) is 19.0 Å². The number of aliphatic imine (C=N–C) groups is 1. The van der Waals surface area contributed by atoms with Gasteiger partial charge >= 0.3 is 0 Å². The molecule has 248 valence electrons. The summed E-state index contributed by atoms with van der Waals surface area (Å²) in [6.07, 6.45) is -11.9. The van der Waals surface area contributed by atoms with Crippen molar-refractivity contribution in [3.63, 3.8) is 0 Å². The monoisotopic (exact) mass is 624 g/mol. The molecule has 12 unspecified atom stereocenters. The minimum Gasteiger partial charge on any atom is -0.459 e. The van der Waals surface area contributed by atoms with E-state index in [0.29, 0.717) is 0 Å². The Bertz CT molecular complexity index is 955. The molecule has 0 spiro atoms. The lowest BCUT2D eigenvalue weighted by atomic mass is 9.96. The molecule has 2 fully saturated rings. The molecule has 12 atom stereocenters. The number of nitrogens with zero attached hydrogens (tertiary/aromatic N) is 2. The predicted molar refractivity (Wildman–Crippen MR) is 143 cm³/mol. The number of fused-ring (bicyclic) bond motifs is 1. The van der Waals surface area contributed by atoms with Crippen LogP contribution in [0.15, 0.2) is 4.99 Å². The molecule has 1 saturated carbocycles. The van der Waals surface area contributed by atoms with Gasteiger partial charge in [0.15, 0.2) is 12.6 Å². The number of amidine groups is 1. The fourth-order valence-electron chi connectivity index (χ4n) is 5.34. The summed E-state index contributed by atoms with van der Waals surface area (Å²) in [5, 5.41) is 76.7. The highest BCUT2D eigenvalue weighted by molar-refractivity contribution is 5.76. The Morgan fingerprint density at radius 3 is 2.16 bits per heavy atom. The van der Waals surface area contributed by atoms with Crippen molar-refractivity contribution in [3.05, 3.63) is 0 Å². The maximum Gasteiger partial charge on any atom is 0.287 e. The van der Waals surface area contributed by atoms with Crippen LogP contribution in [0.1, 0.15) is 13.8 Å². The van der Waals surface area contributed by atoms with Crippen LogP contribution in [0.2, 0.25) is 0 Å². The highest BCUT2D eigenvalue weighted by Gasteiger charge is 2.58. The summed E-state index contributed by atoms with van der Waals surface area (Å²) in [4.78, 5) is 29.9. The number of aliphatic hydroxyl groups excluding tert-OH is 7. The number of amides is 2. The van der Waals surface area contributed by atoms with Gasteiger partial charge in [-0.1, -0.05) is 0 Å². The first-order chi connectivity index (χ1) is 20.4. The van der Waals surface area contributed by atoms with Crippen molar-refractivity contribution in [2.24, 2.45) is 10.9 Å². The second kappa shape index (κ2) is 15.7. The average molecular weight is 625 g/mol. The SMILES string of the molecule is CC(=O)NC(CO)C(OC(CO)CO)OC1C(CO)OC(OC2C(O)C3N=C(N(C)C)OC3C2CO)C(NC(C)=O)C1O. The van der Waals surface area contributed by atoms with Crippen molar-refractivity contribution in [1.82, 2.24) is 15.5 Å². The second-order valence-electron chi connectivity index (χ2n) is 10.8. The number of ether oxygens (including phenoxy) is 5. The zero-order valence-corrected chi connectivity index (χ0v) is 24.4. The van der Waals surface area contributed by atoms with Gasteiger partial charge in [-0.2, -0.15) is 0 Å². The molecule has 43 heavy (non-hydrogen) atoms. The lowest BCUT2D eigenvalue weighted by Gasteiger charge is -2.46. The number of carbonyl (C=O) groups is 2. The predicted octanol–water partition coefficient (Wildman–Crippen LogP) is -5.80. The highest BCUT2D eigenvalue weighted by atomic mass is 16.7. The third-order valence-corrected chi connectivity index (χ3v) is 7.41.